The van der Waals surface area contributed by atoms with E-state index in [2.05, 4.69) is 12.1 Å². The molecule has 0 spiro atoms. The minimum Gasteiger partial charge on any atom is -0.468 e. The summed E-state index contributed by atoms with van der Waals surface area (Å²) in [6.45, 7) is 1.28. The first-order valence-electron chi connectivity index (χ1n) is 6.67. The van der Waals surface area contributed by atoms with Crippen LogP contribution in [-0.2, 0) is 37.5 Å². The molecule has 0 amide bonds. The summed E-state index contributed by atoms with van der Waals surface area (Å²) in [4.78, 5) is 11.6. The van der Waals surface area contributed by atoms with Gasteiger partial charge in [0.05, 0.1) is 0 Å². The minimum atomic E-state index is -0.344. The maximum absolute atomic E-state index is 11.6. The second kappa shape index (κ2) is 6.82. The molecule has 0 saturated heterocycles. The number of rotatable bonds is 4. The smallest absolute Gasteiger partial charge is 0.186 e. The molecule has 2 aromatic rings. The molecule has 0 heterocycles. The Bertz CT molecular complexity index is 667. The molecular weight excluding hydrogens is 341 g/mol. The molecule has 1 aliphatic carbocycles. The van der Waals surface area contributed by atoms with Crippen molar-refractivity contribution in [3.05, 3.63) is 53.6 Å². The van der Waals surface area contributed by atoms with E-state index >= 15 is 0 Å². The van der Waals surface area contributed by atoms with Gasteiger partial charge >= 0.3 is 0 Å². The Morgan fingerprint density at radius 1 is 1.14 bits per heavy atom. The number of hydrogen-bond donors (Lipinski definition) is 1. The molecule has 4 heteroatoms. The third-order valence-corrected chi connectivity index (χ3v) is 3.75. The first-order valence-corrected chi connectivity index (χ1v) is 6.67. The summed E-state index contributed by atoms with van der Waals surface area (Å²) < 4.78 is 5.15. The van der Waals surface area contributed by atoms with Gasteiger partial charge in [0.15, 0.2) is 6.79 Å². The molecule has 1 atom stereocenters. The molecule has 3 nitrogen and oxygen atoms in total. The quantitative estimate of drug-likeness (QED) is 0.856. The van der Waals surface area contributed by atoms with Crippen LogP contribution in [0.25, 0.3) is 11.1 Å². The molecule has 1 radical (unpaired) electrons. The SMILES string of the molecule is CC(=O)CC1c2ccccc2-c2ccc(OCO)cc21.[Y]. The number of benzene rings is 2. The van der Waals surface area contributed by atoms with Crippen molar-refractivity contribution in [3.63, 3.8) is 0 Å². The Labute approximate surface area is 149 Å². The number of fused-ring (bicyclic) bond motifs is 3. The van der Waals surface area contributed by atoms with E-state index in [-0.39, 0.29) is 51.2 Å². The van der Waals surface area contributed by atoms with Crippen LogP contribution in [0.1, 0.15) is 30.4 Å². The van der Waals surface area contributed by atoms with Crippen LogP contribution < -0.4 is 4.74 Å². The van der Waals surface area contributed by atoms with E-state index in [9.17, 15) is 4.79 Å². The fourth-order valence-corrected chi connectivity index (χ4v) is 2.96. The van der Waals surface area contributed by atoms with Crippen LogP contribution in [0.15, 0.2) is 42.5 Å². The van der Waals surface area contributed by atoms with Crippen LogP contribution in [0.4, 0.5) is 0 Å². The van der Waals surface area contributed by atoms with Gasteiger partial charge in [-0.1, -0.05) is 30.3 Å². The first kappa shape index (κ1) is 16.3. The number of ether oxygens (including phenoxy) is 1. The van der Waals surface area contributed by atoms with E-state index in [4.69, 9.17) is 9.84 Å². The zero-order valence-electron chi connectivity index (χ0n) is 11.9. The summed E-state index contributed by atoms with van der Waals surface area (Å²) in [6, 6.07) is 14.0. The largest absolute Gasteiger partial charge is 0.468 e. The van der Waals surface area contributed by atoms with Crippen LogP contribution in [-0.4, -0.2) is 17.7 Å². The van der Waals surface area contributed by atoms with Crippen molar-refractivity contribution in [1.82, 2.24) is 0 Å². The molecule has 21 heavy (non-hydrogen) atoms. The van der Waals surface area contributed by atoms with Gasteiger partial charge in [0.2, 0.25) is 0 Å². The number of Topliss-reactive ketones (excluding diaryl/α,β-unsaturated/α-hetero) is 1. The van der Waals surface area contributed by atoms with Crippen LogP contribution in [0, 0.1) is 0 Å². The Morgan fingerprint density at radius 2 is 1.86 bits per heavy atom. The number of aliphatic hydroxyl groups is 1. The second-order valence-electron chi connectivity index (χ2n) is 5.07. The normalized spacial score (nSPS) is 14.9. The summed E-state index contributed by atoms with van der Waals surface area (Å²) in [6.07, 6.45) is 0.493. The van der Waals surface area contributed by atoms with E-state index in [1.807, 2.05) is 30.3 Å². The summed E-state index contributed by atoms with van der Waals surface area (Å²) in [5.74, 6) is 0.889. The van der Waals surface area contributed by atoms with E-state index in [1.165, 1.54) is 11.1 Å². The number of carbonyl (C=O) groups is 1. The Morgan fingerprint density at radius 3 is 2.57 bits per heavy atom. The fraction of sp³-hybridized carbons (Fsp3) is 0.235. The van der Waals surface area contributed by atoms with Crippen LogP contribution in [0.2, 0.25) is 0 Å². The van der Waals surface area contributed by atoms with Gasteiger partial charge in [-0.05, 0) is 41.3 Å². The zero-order valence-corrected chi connectivity index (χ0v) is 14.7. The molecular formula is C17H16O3Y. The predicted molar refractivity (Wildman–Crippen MR) is 76.7 cm³/mol. The molecule has 1 unspecified atom stereocenters. The molecule has 2 aromatic carbocycles. The average molecular weight is 357 g/mol. The molecule has 3 rings (SSSR count). The molecule has 0 aliphatic heterocycles. The Hall–Kier alpha value is -1.03. The Balaban J connectivity index is 0.00000161. The second-order valence-corrected chi connectivity index (χ2v) is 5.07. The van der Waals surface area contributed by atoms with Gasteiger partial charge in [0.1, 0.15) is 11.5 Å². The van der Waals surface area contributed by atoms with Crippen molar-refractivity contribution < 1.29 is 47.3 Å². The zero-order chi connectivity index (χ0) is 14.1. The third-order valence-electron chi connectivity index (χ3n) is 3.75. The molecule has 1 aliphatic rings. The van der Waals surface area contributed by atoms with E-state index < -0.39 is 0 Å². The van der Waals surface area contributed by atoms with Gasteiger partial charge < -0.3 is 9.84 Å². The number of carbonyl (C=O) groups excluding carboxylic acids is 1. The maximum Gasteiger partial charge on any atom is 0.186 e. The average Bonchev–Trinajstić information content (AvgIpc) is 2.73. The standard InChI is InChI=1S/C17H16O3.Y/c1-11(19)8-16-14-5-3-2-4-13(14)15-7-6-12(20-10-18)9-17(15)16;/h2-7,9,16,18H,8,10H2,1H3;. The van der Waals surface area contributed by atoms with Crippen molar-refractivity contribution in [2.75, 3.05) is 6.79 Å². The first-order chi connectivity index (χ1) is 9.70. The van der Waals surface area contributed by atoms with Crippen LogP contribution in [0.3, 0.4) is 0 Å². The maximum atomic E-state index is 11.6. The van der Waals surface area contributed by atoms with Gasteiger partial charge in [0.25, 0.3) is 0 Å². The van der Waals surface area contributed by atoms with Gasteiger partial charge in [0, 0.05) is 45.0 Å². The topological polar surface area (TPSA) is 46.5 Å². The van der Waals surface area contributed by atoms with Gasteiger partial charge in [-0.25, -0.2) is 0 Å². The van der Waals surface area contributed by atoms with Gasteiger partial charge in [-0.2, -0.15) is 0 Å². The molecule has 105 valence electrons. The number of aliphatic hydroxyl groups excluding tert-OH is 1. The van der Waals surface area contributed by atoms with Crippen molar-refractivity contribution in [2.24, 2.45) is 0 Å². The monoisotopic (exact) mass is 357 g/mol. The molecule has 0 fully saturated rings. The molecule has 0 saturated carbocycles. The van der Waals surface area contributed by atoms with Crippen molar-refractivity contribution in [1.29, 1.82) is 0 Å². The summed E-state index contributed by atoms with van der Waals surface area (Å²) in [7, 11) is 0. The minimum absolute atomic E-state index is 0. The predicted octanol–water partition coefficient (Wildman–Crippen LogP) is 3.10. The van der Waals surface area contributed by atoms with Crippen LogP contribution in [0.5, 0.6) is 5.75 Å². The molecule has 1 N–H and O–H groups in total. The summed E-state index contributed by atoms with van der Waals surface area (Å²) in [5.41, 5.74) is 4.63. The molecule has 0 bridgehead atoms. The van der Waals surface area contributed by atoms with E-state index in [0.717, 1.165) is 11.1 Å². The number of hydrogen-bond acceptors (Lipinski definition) is 3. The van der Waals surface area contributed by atoms with Crippen molar-refractivity contribution >= 4 is 5.78 Å². The summed E-state index contributed by atoms with van der Waals surface area (Å²) >= 11 is 0. The van der Waals surface area contributed by atoms with Crippen molar-refractivity contribution in [3.8, 4) is 16.9 Å². The summed E-state index contributed by atoms with van der Waals surface area (Å²) in [5, 5.41) is 8.88. The third kappa shape index (κ3) is 3.10. The molecule has 0 aromatic heterocycles. The van der Waals surface area contributed by atoms with Crippen LogP contribution >= 0.6 is 0 Å². The van der Waals surface area contributed by atoms with E-state index in [1.54, 1.807) is 6.92 Å². The van der Waals surface area contributed by atoms with E-state index in [0.29, 0.717) is 12.2 Å². The fourth-order valence-electron chi connectivity index (χ4n) is 2.96. The Kier molecular flexibility index (Phi) is 5.31. The van der Waals surface area contributed by atoms with Crippen molar-refractivity contribution in [2.45, 2.75) is 19.3 Å². The van der Waals surface area contributed by atoms with Gasteiger partial charge in [-0.3, -0.25) is 4.79 Å². The van der Waals surface area contributed by atoms with Gasteiger partial charge in [-0.15, -0.1) is 0 Å². The number of ketones is 1.